The lowest BCUT2D eigenvalue weighted by Crippen LogP contribution is -2.50. The molecule has 0 bridgehead atoms. The van der Waals surface area contributed by atoms with Gasteiger partial charge in [-0.15, -0.1) is 0 Å². The molecule has 0 radical (unpaired) electrons. The summed E-state index contributed by atoms with van der Waals surface area (Å²) in [7, 11) is 1.66. The monoisotopic (exact) mass is 743 g/mol. The van der Waals surface area contributed by atoms with Crippen LogP contribution in [0.2, 0.25) is 0 Å². The molecule has 5 aliphatic rings. The number of ether oxygens (including phenoxy) is 2. The van der Waals surface area contributed by atoms with E-state index in [9.17, 15) is 9.59 Å². The first-order valence-corrected chi connectivity index (χ1v) is 20.0. The predicted molar refractivity (Wildman–Crippen MR) is 211 cm³/mol. The average molecular weight is 744 g/mol. The highest BCUT2D eigenvalue weighted by molar-refractivity contribution is 6.00. The molecule has 286 valence electrons. The summed E-state index contributed by atoms with van der Waals surface area (Å²) in [5.74, 6) is 1.69. The fraction of sp³-hybridized carbons (Fsp3) is 0.422. The summed E-state index contributed by atoms with van der Waals surface area (Å²) < 4.78 is 27.9. The van der Waals surface area contributed by atoms with Crippen LogP contribution in [0.5, 0.6) is 11.5 Å². The largest absolute Gasteiger partial charge is 0.497 e. The lowest BCUT2D eigenvalue weighted by Gasteiger charge is -2.40. The van der Waals surface area contributed by atoms with Gasteiger partial charge in [0.1, 0.15) is 17.3 Å². The van der Waals surface area contributed by atoms with Gasteiger partial charge in [-0.05, 0) is 77.8 Å². The zero-order valence-electron chi connectivity index (χ0n) is 31.6. The van der Waals surface area contributed by atoms with Crippen LogP contribution in [0.3, 0.4) is 0 Å². The zero-order valence-corrected chi connectivity index (χ0v) is 31.6. The first-order chi connectivity index (χ1) is 26.9. The fourth-order valence-electron chi connectivity index (χ4n) is 9.66. The number of nitrogens with zero attached hydrogens (tertiary/aromatic N) is 4. The van der Waals surface area contributed by atoms with Gasteiger partial charge in [0.15, 0.2) is 0 Å². The van der Waals surface area contributed by atoms with Gasteiger partial charge in [-0.25, -0.2) is 4.39 Å². The number of halogens is 1. The number of carbonyl (C=O) groups is 2. The molecule has 10 heteroatoms. The summed E-state index contributed by atoms with van der Waals surface area (Å²) in [6.07, 6.45) is 3.11. The molecule has 4 aromatic rings. The van der Waals surface area contributed by atoms with Crippen LogP contribution < -0.4 is 24.6 Å². The summed E-state index contributed by atoms with van der Waals surface area (Å²) in [6, 6.07) is 28.8. The Hall–Kier alpha value is -4.93. The van der Waals surface area contributed by atoms with Gasteiger partial charge in [-0.3, -0.25) is 24.7 Å². The molecule has 3 atom stereocenters. The normalized spacial score (nSPS) is 23.6. The SMILES string of the molecule is COc1ccc2c(c1)OCC(c1ccccc1)C2c1ccc(N2CCC(CN3CCN(c4ccc5c(c4)CN(C4CCC(=O)NC4=O)C5)CC3)CC2)c(F)c1. The lowest BCUT2D eigenvalue weighted by atomic mass is 9.76. The van der Waals surface area contributed by atoms with Gasteiger partial charge in [-0.1, -0.05) is 48.5 Å². The number of imide groups is 1. The Kier molecular flexibility index (Phi) is 9.95. The Balaban J connectivity index is 0.792. The summed E-state index contributed by atoms with van der Waals surface area (Å²) in [6.45, 7) is 8.86. The van der Waals surface area contributed by atoms with Crippen LogP contribution in [0.1, 0.15) is 65.3 Å². The van der Waals surface area contributed by atoms with Crippen molar-refractivity contribution in [2.45, 2.75) is 56.7 Å². The predicted octanol–water partition coefficient (Wildman–Crippen LogP) is 6.30. The molecule has 3 fully saturated rings. The Labute approximate surface area is 323 Å². The van der Waals surface area contributed by atoms with Gasteiger partial charge in [0.25, 0.3) is 0 Å². The number of piperidine rings is 2. The molecule has 5 heterocycles. The van der Waals surface area contributed by atoms with Gasteiger partial charge < -0.3 is 19.3 Å². The quantitative estimate of drug-likeness (QED) is 0.211. The molecule has 9 nitrogen and oxygen atoms in total. The second-order valence-corrected chi connectivity index (χ2v) is 16.0. The summed E-state index contributed by atoms with van der Waals surface area (Å²) >= 11 is 0. The molecule has 9 rings (SSSR count). The minimum Gasteiger partial charge on any atom is -0.497 e. The van der Waals surface area contributed by atoms with Gasteiger partial charge in [0, 0.05) is 94.5 Å². The van der Waals surface area contributed by atoms with Crippen molar-refractivity contribution in [3.63, 3.8) is 0 Å². The number of piperazine rings is 1. The van der Waals surface area contributed by atoms with E-state index in [1.165, 1.54) is 22.4 Å². The van der Waals surface area contributed by atoms with E-state index >= 15 is 4.39 Å². The van der Waals surface area contributed by atoms with Crippen molar-refractivity contribution in [3.8, 4) is 11.5 Å². The van der Waals surface area contributed by atoms with Crippen LogP contribution in [-0.4, -0.2) is 87.2 Å². The van der Waals surface area contributed by atoms with Crippen molar-refractivity contribution in [2.24, 2.45) is 5.92 Å². The summed E-state index contributed by atoms with van der Waals surface area (Å²) in [5, 5.41) is 2.51. The Morgan fingerprint density at radius 3 is 2.36 bits per heavy atom. The van der Waals surface area contributed by atoms with E-state index in [0.717, 1.165) is 94.4 Å². The number of nitrogens with one attached hydrogen (secondary N) is 1. The van der Waals surface area contributed by atoms with E-state index in [2.05, 4.69) is 79.5 Å². The minimum absolute atomic E-state index is 0.0372. The zero-order chi connectivity index (χ0) is 37.5. The van der Waals surface area contributed by atoms with Crippen LogP contribution in [0, 0.1) is 11.7 Å². The molecule has 0 saturated carbocycles. The van der Waals surface area contributed by atoms with Crippen molar-refractivity contribution < 1.29 is 23.5 Å². The van der Waals surface area contributed by atoms with E-state index in [0.29, 0.717) is 31.1 Å². The number of methoxy groups -OCH3 is 1. The molecular weight excluding hydrogens is 694 g/mol. The highest BCUT2D eigenvalue weighted by atomic mass is 19.1. The maximum atomic E-state index is 16.1. The van der Waals surface area contributed by atoms with Gasteiger partial charge in [0.05, 0.1) is 25.4 Å². The van der Waals surface area contributed by atoms with Gasteiger partial charge in [0.2, 0.25) is 11.8 Å². The third-order valence-electron chi connectivity index (χ3n) is 12.7. The van der Waals surface area contributed by atoms with Crippen LogP contribution >= 0.6 is 0 Å². The number of carbonyl (C=O) groups excluding carboxylic acids is 2. The Bertz CT molecular complexity index is 2040. The third kappa shape index (κ3) is 7.30. The molecule has 2 amide bonds. The van der Waals surface area contributed by atoms with Crippen molar-refractivity contribution in [1.29, 1.82) is 0 Å². The first-order valence-electron chi connectivity index (χ1n) is 20.0. The van der Waals surface area contributed by atoms with E-state index < -0.39 is 0 Å². The topological polar surface area (TPSA) is 77.6 Å². The van der Waals surface area contributed by atoms with Crippen LogP contribution in [0.25, 0.3) is 0 Å². The van der Waals surface area contributed by atoms with Crippen LogP contribution in [0.4, 0.5) is 15.8 Å². The molecule has 0 spiro atoms. The molecule has 3 saturated heterocycles. The van der Waals surface area contributed by atoms with E-state index in [4.69, 9.17) is 9.47 Å². The van der Waals surface area contributed by atoms with E-state index in [1.807, 2.05) is 24.3 Å². The molecule has 55 heavy (non-hydrogen) atoms. The highest BCUT2D eigenvalue weighted by Gasteiger charge is 2.36. The molecule has 0 aromatic heterocycles. The smallest absolute Gasteiger partial charge is 0.243 e. The molecule has 0 aliphatic carbocycles. The molecule has 5 aliphatic heterocycles. The molecule has 3 unspecified atom stereocenters. The number of hydrogen-bond acceptors (Lipinski definition) is 8. The number of rotatable bonds is 8. The first kappa shape index (κ1) is 35.8. The maximum absolute atomic E-state index is 16.1. The number of hydrogen-bond donors (Lipinski definition) is 1. The number of anilines is 2. The number of fused-ring (bicyclic) bond motifs is 2. The molecular formula is C45H50FN5O4. The van der Waals surface area contributed by atoms with Gasteiger partial charge in [-0.2, -0.15) is 0 Å². The molecule has 1 N–H and O–H groups in total. The third-order valence-corrected chi connectivity index (χ3v) is 12.7. The second kappa shape index (κ2) is 15.3. The summed E-state index contributed by atoms with van der Waals surface area (Å²) in [5.41, 5.74) is 7.72. The lowest BCUT2D eigenvalue weighted by molar-refractivity contribution is -0.137. The maximum Gasteiger partial charge on any atom is 0.243 e. The fourth-order valence-corrected chi connectivity index (χ4v) is 9.66. The minimum atomic E-state index is -0.233. The molecule has 4 aromatic carbocycles. The highest BCUT2D eigenvalue weighted by Crippen LogP contribution is 2.47. The number of benzene rings is 4. The van der Waals surface area contributed by atoms with Crippen LogP contribution in [-0.2, 0) is 22.7 Å². The van der Waals surface area contributed by atoms with Crippen molar-refractivity contribution >= 4 is 23.2 Å². The second-order valence-electron chi connectivity index (χ2n) is 16.0. The van der Waals surface area contributed by atoms with Gasteiger partial charge >= 0.3 is 0 Å². The van der Waals surface area contributed by atoms with Crippen LogP contribution in [0.15, 0.2) is 84.9 Å². The van der Waals surface area contributed by atoms with Crippen molar-refractivity contribution in [3.05, 3.63) is 119 Å². The van der Waals surface area contributed by atoms with E-state index in [1.54, 1.807) is 13.2 Å². The Morgan fingerprint density at radius 2 is 1.60 bits per heavy atom. The van der Waals surface area contributed by atoms with Crippen molar-refractivity contribution in [1.82, 2.24) is 15.1 Å². The Morgan fingerprint density at radius 1 is 0.800 bits per heavy atom. The van der Waals surface area contributed by atoms with Crippen molar-refractivity contribution in [2.75, 3.05) is 69.3 Å². The number of amides is 2. The standard InChI is InChI=1S/C45H50FN5O4/c1-54-36-10-11-37-42(25-36)55-29-38(31-5-3-2-4-6-31)44(37)32-8-12-40(39(46)24-32)50-17-15-30(16-18-50)26-48-19-21-49(22-20-48)35-9-7-33-27-51(28-34(33)23-35)41-13-14-43(52)47-45(41)53/h2-12,23-25,30,38,41,44H,13-22,26-29H2,1H3,(H,47,52,53). The summed E-state index contributed by atoms with van der Waals surface area (Å²) in [4.78, 5) is 33.6. The average Bonchev–Trinajstić information content (AvgIpc) is 3.64. The van der Waals surface area contributed by atoms with E-state index in [-0.39, 0.29) is 35.5 Å².